The monoisotopic (exact) mass is 378 g/mol. The zero-order valence-corrected chi connectivity index (χ0v) is 14.8. The summed E-state index contributed by atoms with van der Waals surface area (Å²) in [5.41, 5.74) is -0.167. The van der Waals surface area contributed by atoms with Crippen LogP contribution in [0.2, 0.25) is 15.1 Å². The van der Waals surface area contributed by atoms with Gasteiger partial charge in [0, 0.05) is 12.2 Å². The van der Waals surface area contributed by atoms with Crippen LogP contribution in [-0.2, 0) is 9.53 Å². The van der Waals surface area contributed by atoms with Gasteiger partial charge in [0.15, 0.2) is 12.3 Å². The number of aromatic nitrogens is 1. The molecule has 0 bridgehead atoms. The van der Waals surface area contributed by atoms with Crippen LogP contribution in [0.15, 0.2) is 6.20 Å². The predicted octanol–water partition coefficient (Wildman–Crippen LogP) is 3.89. The molecule has 0 saturated heterocycles. The van der Waals surface area contributed by atoms with Crippen molar-refractivity contribution in [3.05, 3.63) is 27.0 Å². The normalized spacial score (nSPS) is 20.9. The van der Waals surface area contributed by atoms with E-state index in [1.54, 1.807) is 0 Å². The minimum atomic E-state index is -0.819. The molecule has 1 N–H and O–H groups in total. The fourth-order valence-corrected chi connectivity index (χ4v) is 3.12. The summed E-state index contributed by atoms with van der Waals surface area (Å²) in [5.74, 6) is -0.733. The smallest absolute Gasteiger partial charge is 0.359 e. The average Bonchev–Trinajstić information content (AvgIpc) is 2.53. The summed E-state index contributed by atoms with van der Waals surface area (Å²) in [5, 5.41) is 2.96. The maximum absolute atomic E-state index is 11.9. The second-order valence-electron chi connectivity index (χ2n) is 5.59. The first-order valence-corrected chi connectivity index (χ1v) is 8.49. The molecule has 0 aromatic carbocycles. The van der Waals surface area contributed by atoms with Crippen LogP contribution < -0.4 is 5.32 Å². The van der Waals surface area contributed by atoms with Crippen molar-refractivity contribution >= 4 is 46.7 Å². The van der Waals surface area contributed by atoms with E-state index >= 15 is 0 Å². The lowest BCUT2D eigenvalue weighted by Gasteiger charge is -2.29. The fourth-order valence-electron chi connectivity index (χ4n) is 2.56. The Hall–Kier alpha value is -1.04. The van der Waals surface area contributed by atoms with Crippen molar-refractivity contribution in [2.45, 2.75) is 38.6 Å². The molecule has 0 unspecified atom stereocenters. The molecular weight excluding hydrogens is 363 g/mol. The molecule has 8 heteroatoms. The SMILES string of the molecule is C[C@H]1CCCC[C@@H]1NC(=O)COC(=O)c1ncc(Cl)c(Cl)c1Cl. The lowest BCUT2D eigenvalue weighted by atomic mass is 9.86. The summed E-state index contributed by atoms with van der Waals surface area (Å²) in [6.45, 7) is 1.72. The molecule has 1 fully saturated rings. The lowest BCUT2D eigenvalue weighted by molar-refractivity contribution is -0.125. The van der Waals surface area contributed by atoms with E-state index < -0.39 is 5.97 Å². The number of rotatable bonds is 4. The van der Waals surface area contributed by atoms with E-state index in [2.05, 4.69) is 17.2 Å². The van der Waals surface area contributed by atoms with Gasteiger partial charge in [-0.05, 0) is 18.8 Å². The van der Waals surface area contributed by atoms with Gasteiger partial charge in [-0.1, -0.05) is 54.6 Å². The van der Waals surface area contributed by atoms with Crippen molar-refractivity contribution in [2.24, 2.45) is 5.92 Å². The molecule has 2 atom stereocenters. The van der Waals surface area contributed by atoms with Gasteiger partial charge < -0.3 is 10.1 Å². The number of amides is 1. The van der Waals surface area contributed by atoms with Crippen LogP contribution in [0.4, 0.5) is 0 Å². The van der Waals surface area contributed by atoms with Crippen molar-refractivity contribution in [3.8, 4) is 0 Å². The van der Waals surface area contributed by atoms with Crippen LogP contribution in [0.1, 0.15) is 43.1 Å². The third-order valence-corrected chi connectivity index (χ3v) is 5.14. The second kappa shape index (κ2) is 8.18. The molecule has 5 nitrogen and oxygen atoms in total. The first-order chi connectivity index (χ1) is 10.9. The van der Waals surface area contributed by atoms with Gasteiger partial charge >= 0.3 is 5.97 Å². The average molecular weight is 380 g/mol. The van der Waals surface area contributed by atoms with Gasteiger partial charge in [-0.15, -0.1) is 0 Å². The van der Waals surface area contributed by atoms with Crippen LogP contribution in [0.5, 0.6) is 0 Å². The van der Waals surface area contributed by atoms with E-state index in [4.69, 9.17) is 39.5 Å². The van der Waals surface area contributed by atoms with Crippen molar-refractivity contribution in [2.75, 3.05) is 6.61 Å². The Bertz CT molecular complexity index is 610. The minimum Gasteiger partial charge on any atom is -0.451 e. The van der Waals surface area contributed by atoms with Gasteiger partial charge in [0.2, 0.25) is 0 Å². The molecule has 1 amide bonds. The summed E-state index contributed by atoms with van der Waals surface area (Å²) in [6.07, 6.45) is 5.52. The summed E-state index contributed by atoms with van der Waals surface area (Å²) in [6, 6.07) is 0.127. The standard InChI is InChI=1S/C15H17Cl3N2O3/c1-8-4-2-3-5-10(8)20-11(21)7-23-15(22)14-13(18)12(17)9(16)6-19-14/h6,8,10H,2-5,7H2,1H3,(H,20,21)/t8-,10-/m0/s1. The van der Waals surface area contributed by atoms with Crippen LogP contribution >= 0.6 is 34.8 Å². The number of nitrogens with one attached hydrogen (secondary N) is 1. The van der Waals surface area contributed by atoms with Crippen molar-refractivity contribution in [3.63, 3.8) is 0 Å². The molecule has 0 spiro atoms. The minimum absolute atomic E-state index is 0.0239. The van der Waals surface area contributed by atoms with Crippen LogP contribution in [0, 0.1) is 5.92 Å². The number of carbonyl (C=O) groups is 2. The van der Waals surface area contributed by atoms with Crippen molar-refractivity contribution < 1.29 is 14.3 Å². The maximum Gasteiger partial charge on any atom is 0.359 e. The largest absolute Gasteiger partial charge is 0.451 e. The number of halogens is 3. The van der Waals surface area contributed by atoms with Gasteiger partial charge in [-0.3, -0.25) is 4.79 Å². The van der Waals surface area contributed by atoms with Crippen molar-refractivity contribution in [1.82, 2.24) is 10.3 Å². The molecule has 1 aliphatic carbocycles. The Labute approximate surface area is 149 Å². The van der Waals surface area contributed by atoms with E-state index in [-0.39, 0.29) is 39.3 Å². The predicted molar refractivity (Wildman–Crippen MR) is 89.1 cm³/mol. The second-order valence-corrected chi connectivity index (χ2v) is 6.76. The molecule has 0 radical (unpaired) electrons. The van der Waals surface area contributed by atoms with Crippen molar-refractivity contribution in [1.29, 1.82) is 0 Å². The van der Waals surface area contributed by atoms with Gasteiger partial charge in [-0.2, -0.15) is 0 Å². The van der Waals surface area contributed by atoms with E-state index in [0.29, 0.717) is 5.92 Å². The summed E-state index contributed by atoms with van der Waals surface area (Å²) < 4.78 is 4.94. The van der Waals surface area contributed by atoms with E-state index in [1.807, 2.05) is 0 Å². The third-order valence-electron chi connectivity index (χ3n) is 3.90. The highest BCUT2D eigenvalue weighted by atomic mass is 35.5. The summed E-state index contributed by atoms with van der Waals surface area (Å²) >= 11 is 17.5. The number of carbonyl (C=O) groups excluding carboxylic acids is 2. The molecule has 0 aliphatic heterocycles. The molecule has 1 heterocycles. The van der Waals surface area contributed by atoms with Crippen LogP contribution in [0.3, 0.4) is 0 Å². The zero-order chi connectivity index (χ0) is 17.0. The maximum atomic E-state index is 11.9. The molecule has 126 valence electrons. The molecule has 2 rings (SSSR count). The first-order valence-electron chi connectivity index (χ1n) is 7.36. The zero-order valence-electron chi connectivity index (χ0n) is 12.6. The van der Waals surface area contributed by atoms with E-state index in [9.17, 15) is 9.59 Å². The van der Waals surface area contributed by atoms with E-state index in [0.717, 1.165) is 19.3 Å². The topological polar surface area (TPSA) is 68.3 Å². The van der Waals surface area contributed by atoms with Crippen LogP contribution in [-0.4, -0.2) is 29.5 Å². The Morgan fingerprint density at radius 1 is 1.26 bits per heavy atom. The molecular formula is C15H17Cl3N2O3. The number of nitrogens with zero attached hydrogens (tertiary/aromatic N) is 1. The summed E-state index contributed by atoms with van der Waals surface area (Å²) in [7, 11) is 0. The highest BCUT2D eigenvalue weighted by Crippen LogP contribution is 2.31. The highest BCUT2D eigenvalue weighted by Gasteiger charge is 2.24. The first kappa shape index (κ1) is 18.3. The molecule has 23 heavy (non-hydrogen) atoms. The number of hydrogen-bond acceptors (Lipinski definition) is 4. The number of ether oxygens (including phenoxy) is 1. The number of esters is 1. The quantitative estimate of drug-likeness (QED) is 0.806. The summed E-state index contributed by atoms with van der Waals surface area (Å²) in [4.78, 5) is 27.6. The number of pyridine rings is 1. The van der Waals surface area contributed by atoms with E-state index in [1.165, 1.54) is 12.6 Å². The van der Waals surface area contributed by atoms with Gasteiger partial charge in [0.25, 0.3) is 5.91 Å². The fraction of sp³-hybridized carbons (Fsp3) is 0.533. The molecule has 1 aromatic rings. The van der Waals surface area contributed by atoms with Gasteiger partial charge in [-0.25, -0.2) is 9.78 Å². The van der Waals surface area contributed by atoms with Gasteiger partial charge in [0.1, 0.15) is 0 Å². The Morgan fingerprint density at radius 2 is 1.96 bits per heavy atom. The Balaban J connectivity index is 1.89. The molecule has 1 aliphatic rings. The lowest BCUT2D eigenvalue weighted by Crippen LogP contribution is -2.42. The molecule has 1 aromatic heterocycles. The highest BCUT2D eigenvalue weighted by molar-refractivity contribution is 6.48. The Morgan fingerprint density at radius 3 is 2.65 bits per heavy atom. The van der Waals surface area contributed by atoms with Gasteiger partial charge in [0.05, 0.1) is 15.1 Å². The van der Waals surface area contributed by atoms with Crippen LogP contribution in [0.25, 0.3) is 0 Å². The third kappa shape index (κ3) is 4.72. The number of hydrogen-bond donors (Lipinski definition) is 1. The molecule has 1 saturated carbocycles. The Kier molecular flexibility index (Phi) is 6.50.